The molecule has 3 nitrogen and oxygen atoms in total. The smallest absolute Gasteiger partial charge is 0.230 e. The Hall–Kier alpha value is -1.19. The van der Waals surface area contributed by atoms with Crippen molar-refractivity contribution in [1.82, 2.24) is 5.16 Å². The van der Waals surface area contributed by atoms with Crippen LogP contribution in [-0.2, 0) is 0 Å². The van der Waals surface area contributed by atoms with Crippen molar-refractivity contribution in [2.24, 2.45) is 0 Å². The van der Waals surface area contributed by atoms with E-state index in [0.29, 0.717) is 15.6 Å². The summed E-state index contributed by atoms with van der Waals surface area (Å²) in [6.07, 6.45) is 1.52. The highest BCUT2D eigenvalue weighted by molar-refractivity contribution is 6.36. The molecule has 0 bridgehead atoms. The van der Waals surface area contributed by atoms with Gasteiger partial charge in [0.2, 0.25) is 5.88 Å². The van der Waals surface area contributed by atoms with E-state index in [0.717, 1.165) is 5.56 Å². The SMILES string of the molecule is Nc1oncc1-c1ccc(Cl)cc1Cl. The maximum Gasteiger partial charge on any atom is 0.230 e. The van der Waals surface area contributed by atoms with Crippen molar-refractivity contribution in [2.45, 2.75) is 0 Å². The summed E-state index contributed by atoms with van der Waals surface area (Å²) in [5.41, 5.74) is 6.99. The van der Waals surface area contributed by atoms with E-state index in [1.165, 1.54) is 6.20 Å². The number of hydrogen-bond acceptors (Lipinski definition) is 3. The van der Waals surface area contributed by atoms with Crippen molar-refractivity contribution in [3.63, 3.8) is 0 Å². The van der Waals surface area contributed by atoms with Gasteiger partial charge in [0, 0.05) is 10.6 Å². The fraction of sp³-hybridized carbons (Fsp3) is 0. The zero-order valence-corrected chi connectivity index (χ0v) is 8.51. The van der Waals surface area contributed by atoms with Crippen LogP contribution in [-0.4, -0.2) is 5.16 Å². The van der Waals surface area contributed by atoms with E-state index in [4.69, 9.17) is 33.5 Å². The molecule has 2 rings (SSSR count). The number of hydrogen-bond donors (Lipinski definition) is 1. The highest BCUT2D eigenvalue weighted by Gasteiger charge is 2.10. The lowest BCUT2D eigenvalue weighted by Gasteiger charge is -2.01. The van der Waals surface area contributed by atoms with E-state index < -0.39 is 0 Å². The second-order valence-corrected chi connectivity index (χ2v) is 3.57. The first kappa shape index (κ1) is 9.37. The Balaban J connectivity index is 2.58. The topological polar surface area (TPSA) is 52.0 Å². The van der Waals surface area contributed by atoms with Gasteiger partial charge >= 0.3 is 0 Å². The van der Waals surface area contributed by atoms with Gasteiger partial charge in [-0.25, -0.2) is 0 Å². The third kappa shape index (κ3) is 1.56. The van der Waals surface area contributed by atoms with E-state index in [1.807, 2.05) is 0 Å². The molecule has 0 aliphatic rings. The van der Waals surface area contributed by atoms with Gasteiger partial charge in [0.15, 0.2) is 0 Å². The lowest BCUT2D eigenvalue weighted by atomic mass is 10.1. The van der Waals surface area contributed by atoms with Crippen molar-refractivity contribution >= 4 is 29.1 Å². The molecular weight excluding hydrogens is 223 g/mol. The highest BCUT2D eigenvalue weighted by Crippen LogP contribution is 2.33. The summed E-state index contributed by atoms with van der Waals surface area (Å²) in [6.45, 7) is 0. The second-order valence-electron chi connectivity index (χ2n) is 2.73. The quantitative estimate of drug-likeness (QED) is 0.816. The van der Waals surface area contributed by atoms with Gasteiger partial charge in [-0.15, -0.1) is 0 Å². The standard InChI is InChI=1S/C9H6Cl2N2O/c10-5-1-2-6(8(11)3-5)7-4-13-14-9(7)12/h1-4H,12H2. The monoisotopic (exact) mass is 228 g/mol. The Bertz CT molecular complexity index is 468. The molecule has 0 aliphatic carbocycles. The van der Waals surface area contributed by atoms with Gasteiger partial charge in [0.25, 0.3) is 0 Å². The van der Waals surface area contributed by atoms with Crippen LogP contribution in [0.1, 0.15) is 0 Å². The first-order valence-corrected chi connectivity index (χ1v) is 4.59. The molecule has 14 heavy (non-hydrogen) atoms. The first-order valence-electron chi connectivity index (χ1n) is 3.84. The minimum absolute atomic E-state index is 0.245. The Kier molecular flexibility index (Phi) is 2.35. The summed E-state index contributed by atoms with van der Waals surface area (Å²) in [5, 5.41) is 4.67. The third-order valence-corrected chi connectivity index (χ3v) is 2.37. The summed E-state index contributed by atoms with van der Waals surface area (Å²) in [5.74, 6) is 0.245. The molecule has 0 aliphatic heterocycles. The van der Waals surface area contributed by atoms with Crippen LogP contribution < -0.4 is 5.73 Å². The van der Waals surface area contributed by atoms with Gasteiger partial charge in [-0.05, 0) is 12.1 Å². The van der Waals surface area contributed by atoms with Gasteiger partial charge in [0.1, 0.15) is 0 Å². The molecule has 0 saturated heterocycles. The third-order valence-electron chi connectivity index (χ3n) is 1.82. The Morgan fingerprint density at radius 3 is 2.57 bits per heavy atom. The number of rotatable bonds is 1. The summed E-state index contributed by atoms with van der Waals surface area (Å²) in [4.78, 5) is 0. The average Bonchev–Trinajstić information content (AvgIpc) is 2.52. The van der Waals surface area contributed by atoms with E-state index in [-0.39, 0.29) is 5.88 Å². The molecule has 1 aromatic carbocycles. The number of halogens is 2. The Morgan fingerprint density at radius 1 is 1.21 bits per heavy atom. The van der Waals surface area contributed by atoms with E-state index in [2.05, 4.69) is 5.16 Å². The number of aromatic nitrogens is 1. The van der Waals surface area contributed by atoms with Crippen LogP contribution in [0.15, 0.2) is 28.9 Å². The van der Waals surface area contributed by atoms with Gasteiger partial charge in [-0.3, -0.25) is 0 Å². The van der Waals surface area contributed by atoms with Crippen LogP contribution in [0, 0.1) is 0 Å². The van der Waals surface area contributed by atoms with Gasteiger partial charge in [-0.2, -0.15) is 0 Å². The van der Waals surface area contributed by atoms with E-state index in [1.54, 1.807) is 18.2 Å². The molecular formula is C9H6Cl2N2O. The largest absolute Gasteiger partial charge is 0.367 e. The van der Waals surface area contributed by atoms with Crippen LogP contribution in [0.3, 0.4) is 0 Å². The Labute approximate surface area is 90.4 Å². The number of nitrogens with zero attached hydrogens (tertiary/aromatic N) is 1. The predicted octanol–water partition coefficient (Wildman–Crippen LogP) is 3.23. The molecule has 0 unspecified atom stereocenters. The summed E-state index contributed by atoms with van der Waals surface area (Å²) in [7, 11) is 0. The Morgan fingerprint density at radius 2 is 2.00 bits per heavy atom. The first-order chi connectivity index (χ1) is 6.68. The lowest BCUT2D eigenvalue weighted by molar-refractivity contribution is 0.436. The molecule has 0 saturated carbocycles. The van der Waals surface area contributed by atoms with Crippen LogP contribution in [0.4, 0.5) is 5.88 Å². The summed E-state index contributed by atoms with van der Waals surface area (Å²) < 4.78 is 4.74. The van der Waals surface area contributed by atoms with Crippen molar-refractivity contribution in [2.75, 3.05) is 5.73 Å². The highest BCUT2D eigenvalue weighted by atomic mass is 35.5. The minimum atomic E-state index is 0.245. The molecule has 0 radical (unpaired) electrons. The van der Waals surface area contributed by atoms with Gasteiger partial charge in [-0.1, -0.05) is 34.4 Å². The molecule has 72 valence electrons. The fourth-order valence-electron chi connectivity index (χ4n) is 1.16. The van der Waals surface area contributed by atoms with E-state index >= 15 is 0 Å². The molecule has 0 atom stereocenters. The van der Waals surface area contributed by atoms with E-state index in [9.17, 15) is 0 Å². The number of anilines is 1. The predicted molar refractivity (Wildman–Crippen MR) is 56.4 cm³/mol. The maximum atomic E-state index is 5.98. The maximum absolute atomic E-state index is 5.98. The lowest BCUT2D eigenvalue weighted by Crippen LogP contribution is -1.85. The summed E-state index contributed by atoms with van der Waals surface area (Å²) >= 11 is 11.7. The molecule has 1 aromatic heterocycles. The van der Waals surface area contributed by atoms with Crippen molar-refractivity contribution in [3.8, 4) is 11.1 Å². The van der Waals surface area contributed by atoms with Crippen molar-refractivity contribution in [1.29, 1.82) is 0 Å². The van der Waals surface area contributed by atoms with Crippen LogP contribution in [0.25, 0.3) is 11.1 Å². The van der Waals surface area contributed by atoms with Crippen molar-refractivity contribution in [3.05, 3.63) is 34.4 Å². The molecule has 0 fully saturated rings. The van der Waals surface area contributed by atoms with Gasteiger partial charge in [0.05, 0.1) is 16.8 Å². The number of nitrogen functional groups attached to an aromatic ring is 1. The molecule has 1 heterocycles. The molecule has 2 aromatic rings. The molecule has 0 amide bonds. The number of nitrogens with two attached hydrogens (primary N) is 1. The molecule has 2 N–H and O–H groups in total. The van der Waals surface area contributed by atoms with Crippen LogP contribution >= 0.6 is 23.2 Å². The molecule has 5 heteroatoms. The minimum Gasteiger partial charge on any atom is -0.367 e. The van der Waals surface area contributed by atoms with Crippen LogP contribution in [0.2, 0.25) is 10.0 Å². The van der Waals surface area contributed by atoms with Crippen molar-refractivity contribution < 1.29 is 4.52 Å². The fourth-order valence-corrected chi connectivity index (χ4v) is 1.67. The average molecular weight is 229 g/mol. The summed E-state index contributed by atoms with van der Waals surface area (Å²) in [6, 6.07) is 5.15. The van der Waals surface area contributed by atoms with Crippen LogP contribution in [0.5, 0.6) is 0 Å². The normalized spacial score (nSPS) is 10.4. The second kappa shape index (κ2) is 3.52. The zero-order chi connectivity index (χ0) is 10.1. The number of benzene rings is 1. The van der Waals surface area contributed by atoms with Gasteiger partial charge < -0.3 is 10.3 Å². The zero-order valence-electron chi connectivity index (χ0n) is 7.00. The molecule has 0 spiro atoms.